The van der Waals surface area contributed by atoms with Crippen molar-refractivity contribution in [3.05, 3.63) is 71.0 Å². The molecule has 0 spiro atoms. The van der Waals surface area contributed by atoms with Gasteiger partial charge >= 0.3 is 6.18 Å². The number of pyridine rings is 1. The first kappa shape index (κ1) is 20.4. The third-order valence-corrected chi connectivity index (χ3v) is 5.82. The number of fused-ring (bicyclic) bond motifs is 1. The number of amides is 1. The van der Waals surface area contributed by atoms with E-state index in [0.717, 1.165) is 36.1 Å². The van der Waals surface area contributed by atoms with Crippen LogP contribution >= 0.6 is 0 Å². The van der Waals surface area contributed by atoms with Crippen LogP contribution in [0.5, 0.6) is 0 Å². The van der Waals surface area contributed by atoms with E-state index >= 15 is 0 Å². The molecule has 158 valence electrons. The van der Waals surface area contributed by atoms with Crippen LogP contribution in [0.2, 0.25) is 0 Å². The quantitative estimate of drug-likeness (QED) is 0.618. The largest absolute Gasteiger partial charge is 0.416 e. The van der Waals surface area contributed by atoms with Gasteiger partial charge in [0.05, 0.1) is 22.8 Å². The fraction of sp³-hybridized carbons (Fsp3) is 0.391. The molecule has 4 nitrogen and oxygen atoms in total. The van der Waals surface area contributed by atoms with Gasteiger partial charge in [-0.15, -0.1) is 0 Å². The Hall–Kier alpha value is -2.83. The molecule has 1 N–H and O–H groups in total. The monoisotopic (exact) mass is 415 g/mol. The number of nitrogens with one attached hydrogen (secondary N) is 1. The fourth-order valence-corrected chi connectivity index (χ4v) is 4.18. The van der Waals surface area contributed by atoms with E-state index in [0.29, 0.717) is 30.0 Å². The van der Waals surface area contributed by atoms with Gasteiger partial charge in [-0.2, -0.15) is 18.3 Å². The minimum atomic E-state index is -4.35. The molecule has 1 saturated carbocycles. The zero-order valence-corrected chi connectivity index (χ0v) is 16.6. The lowest BCUT2D eigenvalue weighted by Crippen LogP contribution is -2.30. The average molecular weight is 415 g/mol. The first-order chi connectivity index (χ1) is 14.4. The number of hydrogen-bond acceptors (Lipinski definition) is 2. The number of benzene rings is 1. The summed E-state index contributed by atoms with van der Waals surface area (Å²) in [5.41, 5.74) is 2.10. The summed E-state index contributed by atoms with van der Waals surface area (Å²) in [5, 5.41) is 7.34. The molecule has 0 unspecified atom stereocenters. The maximum Gasteiger partial charge on any atom is 0.416 e. The minimum Gasteiger partial charge on any atom is -0.352 e. The van der Waals surface area contributed by atoms with Gasteiger partial charge in [-0.25, -0.2) is 4.52 Å². The maximum absolute atomic E-state index is 12.8. The van der Waals surface area contributed by atoms with Crippen LogP contribution < -0.4 is 5.32 Å². The summed E-state index contributed by atoms with van der Waals surface area (Å²) in [5.74, 6) is 0.367. The summed E-state index contributed by atoms with van der Waals surface area (Å²) in [7, 11) is 0. The van der Waals surface area contributed by atoms with Crippen LogP contribution in [-0.2, 0) is 12.6 Å². The van der Waals surface area contributed by atoms with Crippen LogP contribution in [0.15, 0.2) is 48.8 Å². The van der Waals surface area contributed by atoms with Crippen LogP contribution in [0.1, 0.15) is 59.2 Å². The Kier molecular flexibility index (Phi) is 5.79. The third kappa shape index (κ3) is 4.50. The van der Waals surface area contributed by atoms with Crippen LogP contribution in [-0.4, -0.2) is 22.1 Å². The predicted molar refractivity (Wildman–Crippen MR) is 108 cm³/mol. The Balaban J connectivity index is 1.54. The Labute approximate surface area is 173 Å². The van der Waals surface area contributed by atoms with Gasteiger partial charge in [-0.1, -0.05) is 37.5 Å². The molecule has 1 aliphatic rings. The van der Waals surface area contributed by atoms with Crippen molar-refractivity contribution in [2.75, 3.05) is 6.54 Å². The first-order valence-corrected chi connectivity index (χ1v) is 10.3. The number of halogens is 3. The van der Waals surface area contributed by atoms with E-state index in [1.807, 2.05) is 12.1 Å². The van der Waals surface area contributed by atoms with Gasteiger partial charge in [0.2, 0.25) is 0 Å². The molecule has 0 aliphatic heterocycles. The number of aromatic nitrogens is 2. The van der Waals surface area contributed by atoms with E-state index in [4.69, 9.17) is 0 Å². The molecule has 1 amide bonds. The topological polar surface area (TPSA) is 46.4 Å². The van der Waals surface area contributed by atoms with Crippen molar-refractivity contribution in [1.29, 1.82) is 0 Å². The van der Waals surface area contributed by atoms with Crippen LogP contribution in [0.3, 0.4) is 0 Å². The highest BCUT2D eigenvalue weighted by molar-refractivity contribution is 6.01. The highest BCUT2D eigenvalue weighted by Crippen LogP contribution is 2.30. The number of alkyl halides is 3. The summed E-state index contributed by atoms with van der Waals surface area (Å²) < 4.78 is 40.1. The summed E-state index contributed by atoms with van der Waals surface area (Å²) >= 11 is 0. The number of carbonyl (C=O) groups excluding carboxylic acids is 1. The molecule has 0 atom stereocenters. The predicted octanol–water partition coefficient (Wildman–Crippen LogP) is 5.25. The van der Waals surface area contributed by atoms with E-state index in [2.05, 4.69) is 10.4 Å². The van der Waals surface area contributed by atoms with Crippen molar-refractivity contribution in [1.82, 2.24) is 14.9 Å². The fourth-order valence-electron chi connectivity index (χ4n) is 4.18. The normalized spacial score (nSPS) is 15.4. The smallest absolute Gasteiger partial charge is 0.352 e. The molecule has 0 bridgehead atoms. The van der Waals surface area contributed by atoms with Gasteiger partial charge in [0.15, 0.2) is 0 Å². The van der Waals surface area contributed by atoms with E-state index in [1.54, 1.807) is 16.9 Å². The molecule has 0 radical (unpaired) electrons. The molecule has 1 aliphatic carbocycles. The molecule has 30 heavy (non-hydrogen) atoms. The molecule has 3 aromatic rings. The SMILES string of the molecule is O=C(NCC1CCCCC1)c1cnn2cccc(Cc3ccc(C(F)(F)F)cc3)c12. The minimum absolute atomic E-state index is 0.157. The second-order valence-electron chi connectivity index (χ2n) is 7.97. The zero-order chi connectivity index (χ0) is 21.1. The molecular formula is C23H24F3N3O. The Morgan fingerprint density at radius 2 is 1.83 bits per heavy atom. The van der Waals surface area contributed by atoms with Gasteiger partial charge in [0, 0.05) is 12.7 Å². The summed E-state index contributed by atoms with van der Waals surface area (Å²) in [6.45, 7) is 0.664. The van der Waals surface area contributed by atoms with Crippen molar-refractivity contribution in [3.8, 4) is 0 Å². The lowest BCUT2D eigenvalue weighted by Gasteiger charge is -2.21. The molecular weight excluding hydrogens is 391 g/mol. The van der Waals surface area contributed by atoms with Crippen molar-refractivity contribution in [3.63, 3.8) is 0 Å². The second kappa shape index (κ2) is 8.50. The van der Waals surface area contributed by atoms with E-state index in [9.17, 15) is 18.0 Å². The van der Waals surface area contributed by atoms with E-state index in [1.165, 1.54) is 31.4 Å². The highest BCUT2D eigenvalue weighted by atomic mass is 19.4. The van der Waals surface area contributed by atoms with Gasteiger partial charge in [0.1, 0.15) is 0 Å². The summed E-state index contributed by atoms with van der Waals surface area (Å²) in [4.78, 5) is 12.8. The van der Waals surface area contributed by atoms with Gasteiger partial charge in [-0.3, -0.25) is 4.79 Å². The van der Waals surface area contributed by atoms with Gasteiger partial charge in [-0.05, 0) is 54.5 Å². The van der Waals surface area contributed by atoms with Gasteiger partial charge < -0.3 is 5.32 Å². The molecule has 7 heteroatoms. The molecule has 2 aromatic heterocycles. The number of rotatable bonds is 5. The lowest BCUT2D eigenvalue weighted by atomic mass is 9.89. The number of hydrogen-bond donors (Lipinski definition) is 1. The van der Waals surface area contributed by atoms with E-state index in [-0.39, 0.29) is 5.91 Å². The summed E-state index contributed by atoms with van der Waals surface area (Å²) in [6, 6.07) is 8.83. The number of carbonyl (C=O) groups is 1. The maximum atomic E-state index is 12.8. The molecule has 1 fully saturated rings. The molecule has 0 saturated heterocycles. The number of nitrogens with zero attached hydrogens (tertiary/aromatic N) is 2. The van der Waals surface area contributed by atoms with Crippen molar-refractivity contribution in [2.45, 2.75) is 44.7 Å². The van der Waals surface area contributed by atoms with Crippen molar-refractivity contribution >= 4 is 11.4 Å². The zero-order valence-electron chi connectivity index (χ0n) is 16.6. The first-order valence-electron chi connectivity index (χ1n) is 10.3. The average Bonchev–Trinajstić information content (AvgIpc) is 3.18. The van der Waals surface area contributed by atoms with Crippen molar-refractivity contribution in [2.24, 2.45) is 5.92 Å². The Morgan fingerprint density at radius 1 is 1.10 bits per heavy atom. The van der Waals surface area contributed by atoms with Crippen LogP contribution in [0.4, 0.5) is 13.2 Å². The van der Waals surface area contributed by atoms with Crippen LogP contribution in [0, 0.1) is 5.92 Å². The molecule has 4 rings (SSSR count). The third-order valence-electron chi connectivity index (χ3n) is 5.82. The van der Waals surface area contributed by atoms with Crippen molar-refractivity contribution < 1.29 is 18.0 Å². The van der Waals surface area contributed by atoms with Crippen LogP contribution in [0.25, 0.3) is 5.52 Å². The van der Waals surface area contributed by atoms with E-state index < -0.39 is 11.7 Å². The standard InChI is InChI=1S/C23H24F3N3O/c24-23(25,26)19-10-8-16(9-11-19)13-18-7-4-12-29-21(18)20(15-28-29)22(30)27-14-17-5-2-1-3-6-17/h4,7-12,15,17H,1-3,5-6,13-14H2,(H,27,30). The Morgan fingerprint density at radius 3 is 2.53 bits per heavy atom. The highest BCUT2D eigenvalue weighted by Gasteiger charge is 2.30. The second-order valence-corrected chi connectivity index (χ2v) is 7.97. The Bertz CT molecular complexity index is 1020. The molecule has 1 aromatic carbocycles. The molecule has 2 heterocycles. The summed E-state index contributed by atoms with van der Waals surface area (Å²) in [6.07, 6.45) is 5.38. The lowest BCUT2D eigenvalue weighted by molar-refractivity contribution is -0.137. The van der Waals surface area contributed by atoms with Gasteiger partial charge in [0.25, 0.3) is 5.91 Å².